The van der Waals surface area contributed by atoms with Gasteiger partial charge in [0.2, 0.25) is 5.91 Å². The van der Waals surface area contributed by atoms with E-state index in [0.29, 0.717) is 12.1 Å². The summed E-state index contributed by atoms with van der Waals surface area (Å²) in [7, 11) is 0. The van der Waals surface area contributed by atoms with E-state index in [2.05, 4.69) is 16.3 Å². The predicted octanol–water partition coefficient (Wildman–Crippen LogP) is 3.48. The van der Waals surface area contributed by atoms with Gasteiger partial charge in [0, 0.05) is 31.3 Å². The van der Waals surface area contributed by atoms with Gasteiger partial charge in [-0.2, -0.15) is 0 Å². The van der Waals surface area contributed by atoms with Gasteiger partial charge in [-0.25, -0.2) is 0 Å². The van der Waals surface area contributed by atoms with Crippen LogP contribution >= 0.6 is 0 Å². The number of likely N-dealkylation sites (tertiary alicyclic amines) is 1. The van der Waals surface area contributed by atoms with E-state index in [0.717, 1.165) is 42.7 Å². The van der Waals surface area contributed by atoms with Gasteiger partial charge >= 0.3 is 0 Å². The Morgan fingerprint density at radius 2 is 1.69 bits per heavy atom. The number of fused-ring (bicyclic) bond motifs is 1. The standard InChI is InChI=1S/C24H29N3O2/c1-18(28)27-16-11-22-17-21(9-10-23(22)27)19-5-7-20(8-6-19)24(29)25-12-4-15-26-13-2-3-14-26/h5-10,17H,2-4,11-16H2,1H3,(H,25,29). The molecule has 0 unspecified atom stereocenters. The van der Waals surface area contributed by atoms with Crippen LogP contribution in [-0.4, -0.2) is 49.4 Å². The van der Waals surface area contributed by atoms with Gasteiger partial charge in [0.25, 0.3) is 5.91 Å². The molecule has 2 aliphatic rings. The Labute approximate surface area is 172 Å². The molecule has 5 nitrogen and oxygen atoms in total. The van der Waals surface area contributed by atoms with Crippen LogP contribution in [0.25, 0.3) is 11.1 Å². The zero-order chi connectivity index (χ0) is 20.2. The Balaban J connectivity index is 1.34. The van der Waals surface area contributed by atoms with Crippen molar-refractivity contribution in [1.82, 2.24) is 10.2 Å². The van der Waals surface area contributed by atoms with Crippen LogP contribution in [0.1, 0.15) is 42.1 Å². The first-order valence-electron chi connectivity index (χ1n) is 10.6. The Morgan fingerprint density at radius 1 is 0.966 bits per heavy atom. The molecule has 1 fully saturated rings. The van der Waals surface area contributed by atoms with Gasteiger partial charge in [-0.3, -0.25) is 9.59 Å². The van der Waals surface area contributed by atoms with E-state index in [-0.39, 0.29) is 11.8 Å². The molecule has 0 radical (unpaired) electrons. The molecule has 29 heavy (non-hydrogen) atoms. The van der Waals surface area contributed by atoms with Crippen LogP contribution in [-0.2, 0) is 11.2 Å². The average molecular weight is 392 g/mol. The van der Waals surface area contributed by atoms with Crippen LogP contribution < -0.4 is 10.2 Å². The summed E-state index contributed by atoms with van der Waals surface area (Å²) in [6.07, 6.45) is 4.49. The van der Waals surface area contributed by atoms with Gasteiger partial charge in [-0.1, -0.05) is 18.2 Å². The molecule has 2 heterocycles. The molecular formula is C24H29N3O2. The summed E-state index contributed by atoms with van der Waals surface area (Å²) in [5.41, 5.74) is 5.12. The minimum absolute atomic E-state index is 0.0102. The third-order valence-electron chi connectivity index (χ3n) is 5.97. The lowest BCUT2D eigenvalue weighted by Gasteiger charge is -2.15. The van der Waals surface area contributed by atoms with E-state index >= 15 is 0 Å². The molecule has 5 heteroatoms. The van der Waals surface area contributed by atoms with E-state index in [9.17, 15) is 9.59 Å². The summed E-state index contributed by atoms with van der Waals surface area (Å²) in [4.78, 5) is 28.4. The highest BCUT2D eigenvalue weighted by Crippen LogP contribution is 2.32. The first-order chi connectivity index (χ1) is 14.1. The van der Waals surface area contributed by atoms with Crippen molar-refractivity contribution >= 4 is 17.5 Å². The van der Waals surface area contributed by atoms with Crippen LogP contribution in [0.4, 0.5) is 5.69 Å². The molecule has 0 aromatic heterocycles. The lowest BCUT2D eigenvalue weighted by molar-refractivity contribution is -0.116. The number of nitrogens with one attached hydrogen (secondary N) is 1. The lowest BCUT2D eigenvalue weighted by atomic mass is 10.0. The number of amides is 2. The Bertz CT molecular complexity index is 885. The highest BCUT2D eigenvalue weighted by molar-refractivity contribution is 5.95. The first kappa shape index (κ1) is 19.6. The van der Waals surface area contributed by atoms with E-state index < -0.39 is 0 Å². The second kappa shape index (κ2) is 8.78. The lowest BCUT2D eigenvalue weighted by Crippen LogP contribution is -2.28. The van der Waals surface area contributed by atoms with Crippen LogP contribution in [0.2, 0.25) is 0 Å². The fraction of sp³-hybridized carbons (Fsp3) is 0.417. The fourth-order valence-corrected chi connectivity index (χ4v) is 4.34. The summed E-state index contributed by atoms with van der Waals surface area (Å²) < 4.78 is 0. The van der Waals surface area contributed by atoms with Gasteiger partial charge < -0.3 is 15.1 Å². The van der Waals surface area contributed by atoms with E-state index in [1.807, 2.05) is 41.3 Å². The average Bonchev–Trinajstić information content (AvgIpc) is 3.40. The summed E-state index contributed by atoms with van der Waals surface area (Å²) in [5.74, 6) is 0.0799. The van der Waals surface area contributed by atoms with E-state index in [4.69, 9.17) is 0 Å². The molecule has 1 saturated heterocycles. The van der Waals surface area contributed by atoms with Gasteiger partial charge in [-0.15, -0.1) is 0 Å². The number of hydrogen-bond donors (Lipinski definition) is 1. The third-order valence-corrected chi connectivity index (χ3v) is 5.97. The fourth-order valence-electron chi connectivity index (χ4n) is 4.34. The minimum atomic E-state index is -0.0102. The molecule has 0 bridgehead atoms. The third kappa shape index (κ3) is 4.51. The minimum Gasteiger partial charge on any atom is -0.352 e. The zero-order valence-electron chi connectivity index (χ0n) is 17.1. The Morgan fingerprint density at radius 3 is 2.41 bits per heavy atom. The number of hydrogen-bond acceptors (Lipinski definition) is 3. The SMILES string of the molecule is CC(=O)N1CCc2cc(-c3ccc(C(=O)NCCCN4CCCC4)cc3)ccc21. The highest BCUT2D eigenvalue weighted by Gasteiger charge is 2.22. The van der Waals surface area contributed by atoms with Crippen molar-refractivity contribution < 1.29 is 9.59 Å². The number of anilines is 1. The maximum Gasteiger partial charge on any atom is 0.251 e. The first-order valence-corrected chi connectivity index (χ1v) is 10.6. The maximum atomic E-state index is 12.4. The molecule has 2 aromatic rings. The molecular weight excluding hydrogens is 362 g/mol. The quantitative estimate of drug-likeness (QED) is 0.767. The van der Waals surface area contributed by atoms with Gasteiger partial charge in [-0.05, 0) is 86.3 Å². The number of carbonyl (C=O) groups excluding carboxylic acids is 2. The number of carbonyl (C=O) groups is 2. The molecule has 0 atom stereocenters. The van der Waals surface area contributed by atoms with Crippen LogP contribution in [0.15, 0.2) is 42.5 Å². The predicted molar refractivity (Wildman–Crippen MR) is 116 cm³/mol. The van der Waals surface area contributed by atoms with Gasteiger partial charge in [0.15, 0.2) is 0 Å². The molecule has 4 rings (SSSR count). The van der Waals surface area contributed by atoms with Crippen LogP contribution in [0.3, 0.4) is 0 Å². The topological polar surface area (TPSA) is 52.7 Å². The number of benzene rings is 2. The summed E-state index contributed by atoms with van der Waals surface area (Å²) in [5, 5.41) is 3.03. The van der Waals surface area contributed by atoms with E-state index in [1.165, 1.54) is 31.5 Å². The van der Waals surface area contributed by atoms with Crippen molar-refractivity contribution in [2.75, 3.05) is 37.6 Å². The second-order valence-electron chi connectivity index (χ2n) is 8.00. The Hall–Kier alpha value is -2.66. The summed E-state index contributed by atoms with van der Waals surface area (Å²) in [6.45, 7) is 6.55. The maximum absolute atomic E-state index is 12.4. The zero-order valence-corrected chi connectivity index (χ0v) is 17.1. The molecule has 2 amide bonds. The molecule has 0 aliphatic carbocycles. The van der Waals surface area contributed by atoms with Crippen molar-refractivity contribution in [1.29, 1.82) is 0 Å². The Kier molecular flexibility index (Phi) is 5.95. The smallest absolute Gasteiger partial charge is 0.251 e. The molecule has 152 valence electrons. The van der Waals surface area contributed by atoms with Crippen molar-refractivity contribution in [3.05, 3.63) is 53.6 Å². The van der Waals surface area contributed by atoms with Crippen LogP contribution in [0.5, 0.6) is 0 Å². The van der Waals surface area contributed by atoms with Crippen molar-refractivity contribution in [2.24, 2.45) is 0 Å². The van der Waals surface area contributed by atoms with Gasteiger partial charge in [0.1, 0.15) is 0 Å². The molecule has 2 aliphatic heterocycles. The number of nitrogens with zero attached hydrogens (tertiary/aromatic N) is 2. The normalized spacial score (nSPS) is 16.1. The van der Waals surface area contributed by atoms with E-state index in [1.54, 1.807) is 6.92 Å². The monoisotopic (exact) mass is 391 g/mol. The molecule has 0 spiro atoms. The summed E-state index contributed by atoms with van der Waals surface area (Å²) in [6, 6.07) is 14.0. The number of rotatable bonds is 6. The summed E-state index contributed by atoms with van der Waals surface area (Å²) >= 11 is 0. The van der Waals surface area contributed by atoms with Crippen LogP contribution in [0, 0.1) is 0 Å². The largest absolute Gasteiger partial charge is 0.352 e. The van der Waals surface area contributed by atoms with Gasteiger partial charge in [0.05, 0.1) is 0 Å². The molecule has 2 aromatic carbocycles. The van der Waals surface area contributed by atoms with Crippen molar-refractivity contribution in [3.8, 4) is 11.1 Å². The molecule has 1 N–H and O–H groups in total. The second-order valence-corrected chi connectivity index (χ2v) is 8.00. The van der Waals surface area contributed by atoms with Crippen molar-refractivity contribution in [2.45, 2.75) is 32.6 Å². The molecule has 0 saturated carbocycles. The highest BCUT2D eigenvalue weighted by atomic mass is 16.2. The van der Waals surface area contributed by atoms with Crippen molar-refractivity contribution in [3.63, 3.8) is 0 Å².